The van der Waals surface area contributed by atoms with Crippen molar-refractivity contribution < 1.29 is 9.84 Å². The predicted molar refractivity (Wildman–Crippen MR) is 83.8 cm³/mol. The Hall–Kier alpha value is -1.39. The van der Waals surface area contributed by atoms with E-state index in [0.29, 0.717) is 25.2 Å². The fraction of sp³-hybridized carbons (Fsp3) is 0.562. The smallest absolute Gasteiger partial charge is 0.119 e. The third-order valence-electron chi connectivity index (χ3n) is 2.61. The van der Waals surface area contributed by atoms with E-state index in [4.69, 9.17) is 4.74 Å². The molecule has 0 spiro atoms. The molecule has 0 fully saturated rings. The lowest BCUT2D eigenvalue weighted by molar-refractivity contribution is 0.104. The first-order valence-corrected chi connectivity index (χ1v) is 7.15. The summed E-state index contributed by atoms with van der Waals surface area (Å²) in [6.07, 6.45) is 1.36. The van der Waals surface area contributed by atoms with Crippen molar-refractivity contribution >= 4 is 6.21 Å². The molecule has 0 aliphatic heterocycles. The van der Waals surface area contributed by atoms with Gasteiger partial charge in [-0.3, -0.25) is 4.99 Å². The van der Waals surface area contributed by atoms with E-state index in [1.165, 1.54) is 0 Å². The lowest BCUT2D eigenvalue weighted by atomic mass is 10.2. The zero-order chi connectivity index (χ0) is 15.0. The van der Waals surface area contributed by atoms with Crippen LogP contribution in [0.2, 0.25) is 0 Å². The van der Waals surface area contributed by atoms with Crippen molar-refractivity contribution in [2.45, 2.75) is 45.9 Å². The zero-order valence-corrected chi connectivity index (χ0v) is 12.8. The molecule has 4 nitrogen and oxygen atoms in total. The number of hydrogen-bond donors (Lipinski definition) is 2. The Labute approximate surface area is 121 Å². The first-order valence-electron chi connectivity index (χ1n) is 7.15. The average molecular weight is 278 g/mol. The van der Waals surface area contributed by atoms with Crippen molar-refractivity contribution in [1.82, 2.24) is 5.32 Å². The number of aliphatic imine (C=N–C) groups is 1. The SMILES string of the molecule is CC(C)N=Cc1ccc(OCC(O)CNC(C)C)cc1. The number of ether oxygens (including phenoxy) is 1. The monoisotopic (exact) mass is 278 g/mol. The molecule has 0 heterocycles. The Morgan fingerprint density at radius 1 is 1.20 bits per heavy atom. The van der Waals surface area contributed by atoms with E-state index in [0.717, 1.165) is 11.3 Å². The molecule has 1 aromatic rings. The summed E-state index contributed by atoms with van der Waals surface area (Å²) in [6.45, 7) is 9.01. The number of rotatable bonds is 8. The van der Waals surface area contributed by atoms with Gasteiger partial charge in [-0.05, 0) is 43.7 Å². The fourth-order valence-electron chi connectivity index (χ4n) is 1.51. The van der Waals surface area contributed by atoms with Gasteiger partial charge < -0.3 is 15.2 Å². The van der Waals surface area contributed by atoms with Crippen LogP contribution in [-0.2, 0) is 0 Å². The quantitative estimate of drug-likeness (QED) is 0.717. The molecule has 0 saturated heterocycles. The molecule has 0 aromatic heterocycles. The summed E-state index contributed by atoms with van der Waals surface area (Å²) in [5.41, 5.74) is 1.05. The Balaban J connectivity index is 2.38. The molecule has 0 aliphatic carbocycles. The van der Waals surface area contributed by atoms with Gasteiger partial charge in [0, 0.05) is 24.8 Å². The molecule has 1 aromatic carbocycles. The summed E-state index contributed by atoms with van der Waals surface area (Å²) >= 11 is 0. The number of aliphatic hydroxyl groups excluding tert-OH is 1. The van der Waals surface area contributed by atoms with Gasteiger partial charge in [-0.15, -0.1) is 0 Å². The standard InChI is InChI=1S/C16H26N2O2/c1-12(2)17-9-14-5-7-16(8-6-14)20-11-15(19)10-18-13(3)4/h5-9,12-13,15,18-19H,10-11H2,1-4H3. The van der Waals surface area contributed by atoms with Crippen LogP contribution in [-0.4, -0.2) is 42.7 Å². The Morgan fingerprint density at radius 3 is 2.40 bits per heavy atom. The molecule has 0 radical (unpaired) electrons. The van der Waals surface area contributed by atoms with Gasteiger partial charge in [0.1, 0.15) is 18.5 Å². The summed E-state index contributed by atoms with van der Waals surface area (Å²) in [6, 6.07) is 8.37. The van der Waals surface area contributed by atoms with Crippen LogP contribution in [0.25, 0.3) is 0 Å². The van der Waals surface area contributed by atoms with Gasteiger partial charge in [0.05, 0.1) is 0 Å². The number of hydrogen-bond acceptors (Lipinski definition) is 4. The van der Waals surface area contributed by atoms with Gasteiger partial charge in [-0.25, -0.2) is 0 Å². The molecule has 1 rings (SSSR count). The van der Waals surface area contributed by atoms with Crippen LogP contribution < -0.4 is 10.1 Å². The first-order chi connectivity index (χ1) is 9.47. The highest BCUT2D eigenvalue weighted by Crippen LogP contribution is 2.11. The summed E-state index contributed by atoms with van der Waals surface area (Å²) < 4.78 is 5.55. The Morgan fingerprint density at radius 2 is 1.85 bits per heavy atom. The maximum absolute atomic E-state index is 9.75. The van der Waals surface area contributed by atoms with Crippen LogP contribution >= 0.6 is 0 Å². The van der Waals surface area contributed by atoms with Crippen molar-refractivity contribution in [3.63, 3.8) is 0 Å². The van der Waals surface area contributed by atoms with Crippen molar-refractivity contribution in [3.05, 3.63) is 29.8 Å². The van der Waals surface area contributed by atoms with Gasteiger partial charge in [0.25, 0.3) is 0 Å². The Bertz CT molecular complexity index is 399. The largest absolute Gasteiger partial charge is 0.491 e. The number of aliphatic hydroxyl groups is 1. The number of benzene rings is 1. The highest BCUT2D eigenvalue weighted by atomic mass is 16.5. The van der Waals surface area contributed by atoms with Gasteiger partial charge in [-0.1, -0.05) is 13.8 Å². The van der Waals surface area contributed by atoms with Crippen molar-refractivity contribution in [2.75, 3.05) is 13.2 Å². The van der Waals surface area contributed by atoms with Gasteiger partial charge >= 0.3 is 0 Å². The lowest BCUT2D eigenvalue weighted by Crippen LogP contribution is -2.35. The second kappa shape index (κ2) is 8.72. The maximum atomic E-state index is 9.75. The van der Waals surface area contributed by atoms with Crippen LogP contribution in [0.3, 0.4) is 0 Å². The van der Waals surface area contributed by atoms with Crippen molar-refractivity contribution in [2.24, 2.45) is 4.99 Å². The van der Waals surface area contributed by atoms with E-state index in [-0.39, 0.29) is 0 Å². The summed E-state index contributed by atoms with van der Waals surface area (Å²) in [5, 5.41) is 12.9. The van der Waals surface area contributed by atoms with E-state index < -0.39 is 6.10 Å². The molecule has 2 N–H and O–H groups in total. The zero-order valence-electron chi connectivity index (χ0n) is 12.8. The van der Waals surface area contributed by atoms with Crippen molar-refractivity contribution in [3.8, 4) is 5.75 Å². The third kappa shape index (κ3) is 7.26. The molecule has 112 valence electrons. The van der Waals surface area contributed by atoms with E-state index in [1.807, 2.05) is 58.2 Å². The lowest BCUT2D eigenvalue weighted by Gasteiger charge is -2.15. The average Bonchev–Trinajstić information content (AvgIpc) is 2.41. The van der Waals surface area contributed by atoms with Crippen LogP contribution in [0.1, 0.15) is 33.3 Å². The van der Waals surface area contributed by atoms with Crippen molar-refractivity contribution in [1.29, 1.82) is 0 Å². The van der Waals surface area contributed by atoms with E-state index in [9.17, 15) is 5.11 Å². The highest BCUT2D eigenvalue weighted by Gasteiger charge is 2.05. The maximum Gasteiger partial charge on any atom is 0.119 e. The fourth-order valence-corrected chi connectivity index (χ4v) is 1.51. The molecular formula is C16H26N2O2. The predicted octanol–water partition coefficient (Wildman–Crippen LogP) is 2.25. The van der Waals surface area contributed by atoms with E-state index in [2.05, 4.69) is 10.3 Å². The summed E-state index contributed by atoms with van der Waals surface area (Å²) in [5.74, 6) is 0.760. The third-order valence-corrected chi connectivity index (χ3v) is 2.61. The molecule has 4 heteroatoms. The van der Waals surface area contributed by atoms with Gasteiger partial charge in [-0.2, -0.15) is 0 Å². The molecule has 0 amide bonds. The molecular weight excluding hydrogens is 252 g/mol. The molecule has 20 heavy (non-hydrogen) atoms. The topological polar surface area (TPSA) is 53.9 Å². The molecule has 0 bridgehead atoms. The molecule has 0 saturated carbocycles. The summed E-state index contributed by atoms with van der Waals surface area (Å²) in [7, 11) is 0. The van der Waals surface area contributed by atoms with Gasteiger partial charge in [0.15, 0.2) is 0 Å². The molecule has 1 unspecified atom stereocenters. The minimum Gasteiger partial charge on any atom is -0.491 e. The highest BCUT2D eigenvalue weighted by molar-refractivity contribution is 5.79. The number of nitrogens with zero attached hydrogens (tertiary/aromatic N) is 1. The molecule has 1 atom stereocenters. The first kappa shape index (κ1) is 16.7. The number of nitrogens with one attached hydrogen (secondary N) is 1. The minimum absolute atomic E-state index is 0.291. The van der Waals surface area contributed by atoms with E-state index >= 15 is 0 Å². The van der Waals surface area contributed by atoms with Crippen LogP contribution in [0, 0.1) is 0 Å². The van der Waals surface area contributed by atoms with Crippen LogP contribution in [0.4, 0.5) is 0 Å². The van der Waals surface area contributed by atoms with Gasteiger partial charge in [0.2, 0.25) is 0 Å². The van der Waals surface area contributed by atoms with Crippen LogP contribution in [0.5, 0.6) is 5.75 Å². The normalized spacial score (nSPS) is 13.3. The minimum atomic E-state index is -0.500. The second-order valence-electron chi connectivity index (χ2n) is 5.47. The second-order valence-corrected chi connectivity index (χ2v) is 5.47. The Kier molecular flexibility index (Phi) is 7.26. The van der Waals surface area contributed by atoms with E-state index in [1.54, 1.807) is 0 Å². The summed E-state index contributed by atoms with van der Waals surface area (Å²) in [4.78, 5) is 4.33. The van der Waals surface area contributed by atoms with Crippen LogP contribution in [0.15, 0.2) is 29.3 Å². The molecule has 0 aliphatic rings.